The van der Waals surface area contributed by atoms with E-state index in [-0.39, 0.29) is 5.97 Å². The average Bonchev–Trinajstić information content (AvgIpc) is 2.75. The number of nitrogens with two attached hydrogens (primary N) is 1. The van der Waals surface area contributed by atoms with Crippen molar-refractivity contribution in [2.45, 2.75) is 6.61 Å². The van der Waals surface area contributed by atoms with Gasteiger partial charge in [0.1, 0.15) is 6.61 Å². The topological polar surface area (TPSA) is 86.5 Å². The minimum Gasteiger partial charge on any atom is -0.460 e. The molecule has 1 heterocycles. The fraction of sp³-hybridized carbons (Fsp3) is 0.667. The van der Waals surface area contributed by atoms with E-state index in [4.69, 9.17) is 24.7 Å². The molecule has 1 aromatic rings. The van der Waals surface area contributed by atoms with Gasteiger partial charge in [-0.3, -0.25) is 14.6 Å². The molecule has 2 N–H and O–H groups in total. The summed E-state index contributed by atoms with van der Waals surface area (Å²) >= 11 is 0. The molecule has 0 saturated carbocycles. The molecule has 2 rings (SSSR count). The molecule has 8 heteroatoms. The van der Waals surface area contributed by atoms with Crippen LogP contribution in [0.5, 0.6) is 0 Å². The number of ether oxygens (including phenoxy) is 4. The first-order valence-electron chi connectivity index (χ1n) is 10.4. The molecule has 0 bridgehead atoms. The predicted octanol–water partition coefficient (Wildman–Crippen LogP) is 0.356. The summed E-state index contributed by atoms with van der Waals surface area (Å²) in [5.74, 6) is -0.168. The van der Waals surface area contributed by atoms with Gasteiger partial charge in [0.25, 0.3) is 0 Å². The molecule has 0 spiro atoms. The van der Waals surface area contributed by atoms with Crippen molar-refractivity contribution in [1.29, 1.82) is 0 Å². The molecule has 8 nitrogen and oxygen atoms in total. The van der Waals surface area contributed by atoms with Gasteiger partial charge in [-0.2, -0.15) is 0 Å². The summed E-state index contributed by atoms with van der Waals surface area (Å²) < 4.78 is 21.6. The Morgan fingerprint density at radius 2 is 1.41 bits per heavy atom. The van der Waals surface area contributed by atoms with Crippen molar-refractivity contribution in [1.82, 2.24) is 9.80 Å². The smallest absolute Gasteiger partial charge is 0.320 e. The van der Waals surface area contributed by atoms with Crippen LogP contribution in [-0.4, -0.2) is 101 Å². The van der Waals surface area contributed by atoms with Crippen LogP contribution < -0.4 is 5.73 Å². The molecule has 0 aromatic heterocycles. The summed E-state index contributed by atoms with van der Waals surface area (Å²) in [6, 6.07) is 9.75. The Labute approximate surface area is 173 Å². The van der Waals surface area contributed by atoms with Crippen LogP contribution in [0.2, 0.25) is 0 Å². The zero-order valence-electron chi connectivity index (χ0n) is 17.3. The number of rotatable bonds is 15. The average molecular weight is 410 g/mol. The van der Waals surface area contributed by atoms with E-state index < -0.39 is 0 Å². The molecule has 0 aliphatic carbocycles. The molecule has 0 radical (unpaired) electrons. The molecule has 0 amide bonds. The van der Waals surface area contributed by atoms with Gasteiger partial charge in [0, 0.05) is 39.3 Å². The third-order valence-electron chi connectivity index (χ3n) is 4.62. The Balaban J connectivity index is 1.42. The van der Waals surface area contributed by atoms with Crippen molar-refractivity contribution in [3.63, 3.8) is 0 Å². The number of hydrogen-bond donors (Lipinski definition) is 1. The van der Waals surface area contributed by atoms with Gasteiger partial charge in [0.05, 0.1) is 46.2 Å². The maximum atomic E-state index is 12.0. The van der Waals surface area contributed by atoms with Crippen LogP contribution in [0, 0.1) is 0 Å². The maximum Gasteiger partial charge on any atom is 0.320 e. The fourth-order valence-electron chi connectivity index (χ4n) is 2.96. The Morgan fingerprint density at radius 1 is 0.828 bits per heavy atom. The van der Waals surface area contributed by atoms with Crippen molar-refractivity contribution in [3.8, 4) is 0 Å². The third-order valence-corrected chi connectivity index (χ3v) is 4.62. The summed E-state index contributed by atoms with van der Waals surface area (Å²) in [4.78, 5) is 16.5. The monoisotopic (exact) mass is 409 g/mol. The van der Waals surface area contributed by atoms with Gasteiger partial charge in [-0.1, -0.05) is 30.3 Å². The standard InChI is InChI=1S/C21H35N3O5/c22-6-12-26-14-16-28-17-15-27-13-11-23-7-9-24(10-8-23)18-21(25)29-19-20-4-2-1-3-5-20/h1-5H,6-19,22H2. The number of carbonyl (C=O) groups is 1. The lowest BCUT2D eigenvalue weighted by atomic mass is 10.2. The highest BCUT2D eigenvalue weighted by Gasteiger charge is 2.19. The molecule has 1 aliphatic heterocycles. The maximum absolute atomic E-state index is 12.0. The molecule has 0 unspecified atom stereocenters. The van der Waals surface area contributed by atoms with Gasteiger partial charge in [0.15, 0.2) is 0 Å². The van der Waals surface area contributed by atoms with Gasteiger partial charge < -0.3 is 24.7 Å². The number of nitrogens with zero attached hydrogens (tertiary/aromatic N) is 2. The van der Waals surface area contributed by atoms with Crippen LogP contribution in [0.15, 0.2) is 30.3 Å². The van der Waals surface area contributed by atoms with E-state index in [1.54, 1.807) is 0 Å². The normalized spacial score (nSPS) is 15.5. The number of esters is 1. The molecule has 29 heavy (non-hydrogen) atoms. The minimum absolute atomic E-state index is 0.168. The van der Waals surface area contributed by atoms with Crippen LogP contribution in [0.3, 0.4) is 0 Å². The number of piperazine rings is 1. The first-order valence-corrected chi connectivity index (χ1v) is 10.4. The molecule has 1 aliphatic rings. The van der Waals surface area contributed by atoms with E-state index in [9.17, 15) is 4.79 Å². The van der Waals surface area contributed by atoms with Crippen LogP contribution in [-0.2, 0) is 30.3 Å². The van der Waals surface area contributed by atoms with Crippen molar-refractivity contribution >= 4 is 5.97 Å². The second-order valence-electron chi connectivity index (χ2n) is 6.89. The van der Waals surface area contributed by atoms with Gasteiger partial charge in [-0.25, -0.2) is 0 Å². The van der Waals surface area contributed by atoms with Crippen LogP contribution in [0.25, 0.3) is 0 Å². The number of hydrogen-bond acceptors (Lipinski definition) is 8. The first kappa shape index (κ1) is 23.7. The SMILES string of the molecule is NCCOCCOCCOCCN1CCN(CC(=O)OCc2ccccc2)CC1. The Hall–Kier alpha value is -1.55. The minimum atomic E-state index is -0.168. The highest BCUT2D eigenvalue weighted by Crippen LogP contribution is 2.04. The van der Waals surface area contributed by atoms with Gasteiger partial charge in [0.2, 0.25) is 0 Å². The zero-order chi connectivity index (χ0) is 20.6. The van der Waals surface area contributed by atoms with Gasteiger partial charge >= 0.3 is 5.97 Å². The lowest BCUT2D eigenvalue weighted by Crippen LogP contribution is -2.48. The van der Waals surface area contributed by atoms with Gasteiger partial charge in [-0.15, -0.1) is 0 Å². The number of benzene rings is 1. The van der Waals surface area contributed by atoms with E-state index >= 15 is 0 Å². The second kappa shape index (κ2) is 15.3. The lowest BCUT2D eigenvalue weighted by Gasteiger charge is -2.33. The van der Waals surface area contributed by atoms with E-state index in [1.165, 1.54) is 0 Å². The van der Waals surface area contributed by atoms with E-state index in [2.05, 4.69) is 9.80 Å². The van der Waals surface area contributed by atoms with Crippen LogP contribution in [0.4, 0.5) is 0 Å². The molecule has 164 valence electrons. The summed E-state index contributed by atoms with van der Waals surface area (Å²) in [5.41, 5.74) is 6.34. The quantitative estimate of drug-likeness (QED) is 0.328. The fourth-order valence-corrected chi connectivity index (χ4v) is 2.96. The van der Waals surface area contributed by atoms with E-state index in [1.807, 2.05) is 30.3 Å². The Bertz CT molecular complexity index is 538. The van der Waals surface area contributed by atoms with Crippen LogP contribution >= 0.6 is 0 Å². The summed E-state index contributed by atoms with van der Waals surface area (Å²) in [5, 5.41) is 0. The third kappa shape index (κ3) is 11.3. The van der Waals surface area contributed by atoms with Crippen molar-refractivity contribution < 1.29 is 23.7 Å². The Morgan fingerprint density at radius 3 is 2.07 bits per heavy atom. The number of carbonyl (C=O) groups excluding carboxylic acids is 1. The highest BCUT2D eigenvalue weighted by atomic mass is 16.5. The summed E-state index contributed by atoms with van der Waals surface area (Å²) in [7, 11) is 0. The molecule has 1 saturated heterocycles. The lowest BCUT2D eigenvalue weighted by molar-refractivity contribution is -0.146. The van der Waals surface area contributed by atoms with Crippen molar-refractivity contribution in [3.05, 3.63) is 35.9 Å². The highest BCUT2D eigenvalue weighted by molar-refractivity contribution is 5.71. The summed E-state index contributed by atoms with van der Waals surface area (Å²) in [6.07, 6.45) is 0. The molecule has 1 fully saturated rings. The largest absolute Gasteiger partial charge is 0.460 e. The van der Waals surface area contributed by atoms with E-state index in [0.717, 1.165) is 38.3 Å². The molecular formula is C21H35N3O5. The van der Waals surface area contributed by atoms with Crippen molar-refractivity contribution in [2.75, 3.05) is 85.5 Å². The zero-order valence-corrected chi connectivity index (χ0v) is 17.3. The Kier molecular flexibility index (Phi) is 12.5. The molecule has 1 aromatic carbocycles. The molecular weight excluding hydrogens is 374 g/mol. The van der Waals surface area contributed by atoms with Crippen LogP contribution in [0.1, 0.15) is 5.56 Å². The van der Waals surface area contributed by atoms with E-state index in [0.29, 0.717) is 59.3 Å². The second-order valence-corrected chi connectivity index (χ2v) is 6.89. The predicted molar refractivity (Wildman–Crippen MR) is 111 cm³/mol. The molecule has 0 atom stereocenters. The van der Waals surface area contributed by atoms with Crippen molar-refractivity contribution in [2.24, 2.45) is 5.73 Å². The van der Waals surface area contributed by atoms with Gasteiger partial charge in [-0.05, 0) is 5.56 Å². The first-order chi connectivity index (χ1) is 14.3. The summed E-state index contributed by atoms with van der Waals surface area (Å²) in [6.45, 7) is 9.28.